The maximum absolute atomic E-state index is 12.2. The zero-order valence-electron chi connectivity index (χ0n) is 12.3. The van der Waals surface area contributed by atoms with Crippen molar-refractivity contribution in [2.45, 2.75) is 38.3 Å². The summed E-state index contributed by atoms with van der Waals surface area (Å²) < 4.78 is 0. The Bertz CT molecular complexity index is 385. The van der Waals surface area contributed by atoms with Crippen molar-refractivity contribution in [3.8, 4) is 0 Å². The van der Waals surface area contributed by atoms with Crippen LogP contribution in [0.4, 0.5) is 0 Å². The Morgan fingerprint density at radius 1 is 1.47 bits per heavy atom. The minimum absolute atomic E-state index is 0.0547. The van der Waals surface area contributed by atoms with E-state index in [2.05, 4.69) is 21.7 Å². The summed E-state index contributed by atoms with van der Waals surface area (Å²) in [6.07, 6.45) is 1.31. The summed E-state index contributed by atoms with van der Waals surface area (Å²) in [6, 6.07) is 4.32. The van der Waals surface area contributed by atoms with E-state index < -0.39 is 5.54 Å². The molecular formula is C14H25N3OS. The second-order valence-corrected chi connectivity index (χ2v) is 6.05. The van der Waals surface area contributed by atoms with E-state index in [0.29, 0.717) is 19.4 Å². The van der Waals surface area contributed by atoms with Crippen molar-refractivity contribution in [3.63, 3.8) is 0 Å². The smallest absolute Gasteiger partial charge is 0.240 e. The molecule has 0 saturated carbocycles. The van der Waals surface area contributed by atoms with Gasteiger partial charge in [0.15, 0.2) is 0 Å². The fraction of sp³-hybridized carbons (Fsp3) is 0.643. The van der Waals surface area contributed by atoms with Crippen LogP contribution in [0, 0.1) is 0 Å². The predicted octanol–water partition coefficient (Wildman–Crippen LogP) is 1.98. The van der Waals surface area contributed by atoms with E-state index in [0.717, 1.165) is 0 Å². The minimum atomic E-state index is -0.744. The van der Waals surface area contributed by atoms with Crippen molar-refractivity contribution in [2.24, 2.45) is 5.73 Å². The molecule has 4 nitrogen and oxygen atoms in total. The van der Waals surface area contributed by atoms with Gasteiger partial charge >= 0.3 is 0 Å². The number of amides is 1. The second kappa shape index (κ2) is 7.03. The molecule has 1 unspecified atom stereocenters. The lowest BCUT2D eigenvalue weighted by atomic mass is 9.93. The van der Waals surface area contributed by atoms with E-state index in [-0.39, 0.29) is 11.9 Å². The van der Waals surface area contributed by atoms with Crippen LogP contribution in [0.1, 0.15) is 37.6 Å². The highest BCUT2D eigenvalue weighted by atomic mass is 32.1. The molecule has 0 aromatic carbocycles. The van der Waals surface area contributed by atoms with Crippen LogP contribution >= 0.6 is 11.3 Å². The van der Waals surface area contributed by atoms with Gasteiger partial charge in [0.2, 0.25) is 5.91 Å². The van der Waals surface area contributed by atoms with Gasteiger partial charge in [0.1, 0.15) is 0 Å². The lowest BCUT2D eigenvalue weighted by molar-refractivity contribution is -0.126. The summed E-state index contributed by atoms with van der Waals surface area (Å²) in [6.45, 7) is 4.49. The van der Waals surface area contributed by atoms with Crippen molar-refractivity contribution in [2.75, 3.05) is 20.6 Å². The first-order valence-electron chi connectivity index (χ1n) is 6.71. The first-order valence-corrected chi connectivity index (χ1v) is 7.59. The summed E-state index contributed by atoms with van der Waals surface area (Å²) in [5, 5.41) is 5.05. The van der Waals surface area contributed by atoms with Crippen molar-refractivity contribution in [3.05, 3.63) is 22.4 Å². The second-order valence-electron chi connectivity index (χ2n) is 5.07. The van der Waals surface area contributed by atoms with Crippen LogP contribution in [0.3, 0.4) is 0 Å². The number of likely N-dealkylation sites (N-methyl/N-ethyl adjacent to an activating group) is 1. The molecule has 0 aliphatic rings. The zero-order chi connectivity index (χ0) is 14.5. The van der Waals surface area contributed by atoms with E-state index in [1.807, 2.05) is 34.0 Å². The van der Waals surface area contributed by atoms with E-state index in [1.165, 1.54) is 4.88 Å². The third-order valence-electron chi connectivity index (χ3n) is 3.66. The third kappa shape index (κ3) is 4.03. The number of nitrogens with zero attached hydrogens (tertiary/aromatic N) is 1. The summed E-state index contributed by atoms with van der Waals surface area (Å²) >= 11 is 1.71. The lowest BCUT2D eigenvalue weighted by Gasteiger charge is -2.28. The molecule has 1 amide bonds. The fourth-order valence-corrected chi connectivity index (χ4v) is 2.88. The Hall–Kier alpha value is -0.910. The van der Waals surface area contributed by atoms with Gasteiger partial charge < -0.3 is 16.0 Å². The number of nitrogens with two attached hydrogens (primary N) is 1. The Morgan fingerprint density at radius 2 is 2.11 bits per heavy atom. The van der Waals surface area contributed by atoms with Gasteiger partial charge in [0.25, 0.3) is 0 Å². The molecule has 1 heterocycles. The number of hydrogen-bond donors (Lipinski definition) is 2. The number of carbonyl (C=O) groups is 1. The van der Waals surface area contributed by atoms with Crippen LogP contribution in [0.25, 0.3) is 0 Å². The third-order valence-corrected chi connectivity index (χ3v) is 4.64. The van der Waals surface area contributed by atoms with Crippen molar-refractivity contribution in [1.29, 1.82) is 0 Å². The molecule has 108 valence electrons. The van der Waals surface area contributed by atoms with E-state index in [9.17, 15) is 4.79 Å². The molecule has 0 bridgehead atoms. The average molecular weight is 283 g/mol. The molecule has 3 N–H and O–H groups in total. The molecule has 1 aromatic rings. The van der Waals surface area contributed by atoms with E-state index >= 15 is 0 Å². The van der Waals surface area contributed by atoms with Gasteiger partial charge in [-0.25, -0.2) is 0 Å². The molecule has 0 aliphatic carbocycles. The fourth-order valence-electron chi connectivity index (χ4n) is 1.96. The maximum atomic E-state index is 12.2. The Labute approximate surface area is 120 Å². The molecule has 1 rings (SSSR count). The lowest BCUT2D eigenvalue weighted by Crippen LogP contribution is -2.54. The average Bonchev–Trinajstić information content (AvgIpc) is 2.91. The van der Waals surface area contributed by atoms with Crippen molar-refractivity contribution < 1.29 is 4.79 Å². The SMILES string of the molecule is CCC(N)(CC)C(=O)NCC(c1cccs1)N(C)C. The quantitative estimate of drug-likeness (QED) is 0.804. The van der Waals surface area contributed by atoms with Crippen LogP contribution in [-0.2, 0) is 4.79 Å². The normalized spacial score (nSPS) is 13.6. The molecule has 0 spiro atoms. The van der Waals surface area contributed by atoms with Gasteiger partial charge in [0.05, 0.1) is 11.6 Å². The van der Waals surface area contributed by atoms with Gasteiger partial charge in [0, 0.05) is 11.4 Å². The van der Waals surface area contributed by atoms with Crippen molar-refractivity contribution >= 4 is 17.2 Å². The highest BCUT2D eigenvalue weighted by molar-refractivity contribution is 7.10. The summed E-state index contributed by atoms with van der Waals surface area (Å²) in [5.41, 5.74) is 5.35. The summed E-state index contributed by atoms with van der Waals surface area (Å²) in [5.74, 6) is -0.0547. The van der Waals surface area contributed by atoms with Gasteiger partial charge in [-0.15, -0.1) is 11.3 Å². The topological polar surface area (TPSA) is 58.4 Å². The molecule has 1 atom stereocenters. The maximum Gasteiger partial charge on any atom is 0.240 e. The Balaban J connectivity index is 2.66. The highest BCUT2D eigenvalue weighted by Gasteiger charge is 2.30. The first-order chi connectivity index (χ1) is 8.94. The van der Waals surface area contributed by atoms with Gasteiger partial charge in [-0.1, -0.05) is 19.9 Å². The van der Waals surface area contributed by atoms with E-state index in [1.54, 1.807) is 11.3 Å². The number of nitrogens with one attached hydrogen (secondary N) is 1. The Kier molecular flexibility index (Phi) is 5.97. The highest BCUT2D eigenvalue weighted by Crippen LogP contribution is 2.22. The number of thiophene rings is 1. The van der Waals surface area contributed by atoms with Crippen LogP contribution in [0.2, 0.25) is 0 Å². The number of rotatable bonds is 7. The molecule has 0 radical (unpaired) electrons. The molecule has 0 saturated heterocycles. The minimum Gasteiger partial charge on any atom is -0.353 e. The number of carbonyl (C=O) groups excluding carboxylic acids is 1. The summed E-state index contributed by atoms with van der Waals surface area (Å²) in [7, 11) is 4.04. The monoisotopic (exact) mass is 283 g/mol. The van der Waals surface area contributed by atoms with Crippen LogP contribution in [-0.4, -0.2) is 37.0 Å². The van der Waals surface area contributed by atoms with E-state index in [4.69, 9.17) is 5.73 Å². The Morgan fingerprint density at radius 3 is 2.53 bits per heavy atom. The van der Waals surface area contributed by atoms with Crippen LogP contribution in [0.5, 0.6) is 0 Å². The molecule has 0 fully saturated rings. The van der Waals surface area contributed by atoms with Crippen LogP contribution in [0.15, 0.2) is 17.5 Å². The van der Waals surface area contributed by atoms with Gasteiger partial charge in [-0.2, -0.15) is 0 Å². The zero-order valence-corrected chi connectivity index (χ0v) is 13.1. The predicted molar refractivity (Wildman–Crippen MR) is 81.3 cm³/mol. The number of hydrogen-bond acceptors (Lipinski definition) is 4. The molecule has 5 heteroatoms. The first kappa shape index (κ1) is 16.1. The molecule has 0 aliphatic heterocycles. The van der Waals surface area contributed by atoms with Gasteiger partial charge in [-0.05, 0) is 38.4 Å². The largest absolute Gasteiger partial charge is 0.353 e. The standard InChI is InChI=1S/C14H25N3OS/c1-5-14(15,6-2)13(18)16-10-11(17(3)4)12-8-7-9-19-12/h7-9,11H,5-6,10,15H2,1-4H3,(H,16,18). The van der Waals surface area contributed by atoms with Crippen molar-refractivity contribution in [1.82, 2.24) is 10.2 Å². The molecule has 19 heavy (non-hydrogen) atoms. The van der Waals surface area contributed by atoms with Gasteiger partial charge in [-0.3, -0.25) is 4.79 Å². The summed E-state index contributed by atoms with van der Waals surface area (Å²) in [4.78, 5) is 15.5. The molecular weight excluding hydrogens is 258 g/mol. The van der Waals surface area contributed by atoms with Crippen LogP contribution < -0.4 is 11.1 Å². The molecule has 1 aromatic heterocycles.